The van der Waals surface area contributed by atoms with Crippen molar-refractivity contribution in [1.82, 2.24) is 0 Å². The fourth-order valence-corrected chi connectivity index (χ4v) is 3.24. The smallest absolute Gasteiger partial charge is 0.118 e. The highest BCUT2D eigenvalue weighted by Gasteiger charge is 2.42. The zero-order chi connectivity index (χ0) is 14.8. The summed E-state index contributed by atoms with van der Waals surface area (Å²) in [7, 11) is 3.42. The Balaban J connectivity index is 2.31. The molecule has 4 heteroatoms. The molecule has 1 atom stereocenters. The molecule has 20 heavy (non-hydrogen) atoms. The van der Waals surface area contributed by atoms with E-state index >= 15 is 0 Å². The van der Waals surface area contributed by atoms with Gasteiger partial charge in [0.25, 0.3) is 0 Å². The van der Waals surface area contributed by atoms with E-state index in [9.17, 15) is 15.4 Å². The number of rotatable bonds is 4. The Morgan fingerprint density at radius 2 is 1.70 bits per heavy atom. The molecule has 0 radical (unpaired) electrons. The fraction of sp³-hybridized carbons (Fsp3) is 0.625. The monoisotopic (exact) mass is 279 g/mol. The summed E-state index contributed by atoms with van der Waals surface area (Å²) in [6.45, 7) is 0.439. The fourth-order valence-electron chi connectivity index (χ4n) is 3.24. The summed E-state index contributed by atoms with van der Waals surface area (Å²) in [5.74, 6) is -0.177. The zero-order valence-corrected chi connectivity index (χ0v) is 12.4. The van der Waals surface area contributed by atoms with Crippen LogP contribution in [0.15, 0.2) is 24.3 Å². The molecule has 112 valence electrons. The highest BCUT2D eigenvalue weighted by molar-refractivity contribution is 5.29. The topological polar surface area (TPSA) is 63.5 Å². The van der Waals surface area contributed by atoms with Crippen molar-refractivity contribution in [2.24, 2.45) is 0 Å². The number of nitrogens with zero attached hydrogens (tertiary/aromatic N) is 1. The second kappa shape index (κ2) is 5.72. The van der Waals surface area contributed by atoms with Crippen LogP contribution in [-0.4, -0.2) is 41.2 Å². The number of aliphatic hydroxyl groups is 1. The van der Waals surface area contributed by atoms with Gasteiger partial charge in [-0.05, 0) is 18.4 Å². The summed E-state index contributed by atoms with van der Waals surface area (Å²) < 4.78 is -0.188. The van der Waals surface area contributed by atoms with Crippen LogP contribution >= 0.6 is 0 Å². The Hall–Kier alpha value is -1.10. The van der Waals surface area contributed by atoms with Gasteiger partial charge in [-0.1, -0.05) is 43.5 Å². The molecule has 1 aliphatic rings. The van der Waals surface area contributed by atoms with E-state index < -0.39 is 5.60 Å². The van der Waals surface area contributed by atoms with Crippen molar-refractivity contribution in [3.8, 4) is 5.75 Å². The molecular weight excluding hydrogens is 254 g/mol. The van der Waals surface area contributed by atoms with Crippen molar-refractivity contribution < 1.29 is 20.1 Å². The Bertz CT molecular complexity index is 430. The van der Waals surface area contributed by atoms with Crippen molar-refractivity contribution in [3.05, 3.63) is 29.8 Å². The van der Waals surface area contributed by atoms with Crippen LogP contribution in [-0.2, 0) is 0 Å². The van der Waals surface area contributed by atoms with E-state index in [-0.39, 0.29) is 16.3 Å². The molecule has 0 spiro atoms. The van der Waals surface area contributed by atoms with E-state index in [0.717, 1.165) is 37.7 Å². The molecule has 2 rings (SSSR count). The van der Waals surface area contributed by atoms with Gasteiger partial charge in [-0.15, -0.1) is 5.75 Å². The first-order valence-corrected chi connectivity index (χ1v) is 7.35. The third-order valence-electron chi connectivity index (χ3n) is 4.28. The van der Waals surface area contributed by atoms with Crippen LogP contribution in [0.3, 0.4) is 0 Å². The maximum absolute atomic E-state index is 11.3. The molecule has 1 aliphatic carbocycles. The second-order valence-electron chi connectivity index (χ2n) is 6.59. The highest BCUT2D eigenvalue weighted by atomic mass is 16.5. The summed E-state index contributed by atoms with van der Waals surface area (Å²) in [4.78, 5) is 0. The minimum absolute atomic E-state index is 0.0270. The number of likely N-dealkylation sites (N-methyl/N-ethyl adjacent to an activating group) is 1. The van der Waals surface area contributed by atoms with E-state index in [1.54, 1.807) is 26.2 Å². The van der Waals surface area contributed by atoms with Crippen molar-refractivity contribution >= 4 is 0 Å². The molecule has 1 saturated carbocycles. The molecule has 1 aromatic rings. The van der Waals surface area contributed by atoms with Gasteiger partial charge >= 0.3 is 0 Å². The van der Waals surface area contributed by atoms with E-state index in [2.05, 4.69) is 0 Å². The van der Waals surface area contributed by atoms with Crippen LogP contribution in [0.25, 0.3) is 0 Å². The van der Waals surface area contributed by atoms with Gasteiger partial charge in [0.05, 0.1) is 25.6 Å². The largest absolute Gasteiger partial charge is 0.872 e. The third-order valence-corrected chi connectivity index (χ3v) is 4.28. The minimum atomic E-state index is -0.777. The molecule has 0 aromatic heterocycles. The van der Waals surface area contributed by atoms with Gasteiger partial charge in [0.1, 0.15) is 6.54 Å². The quantitative estimate of drug-likeness (QED) is 0.654. The Morgan fingerprint density at radius 3 is 2.20 bits per heavy atom. The van der Waals surface area contributed by atoms with Crippen molar-refractivity contribution in [3.63, 3.8) is 0 Å². The van der Waals surface area contributed by atoms with Gasteiger partial charge in [-0.3, -0.25) is 0 Å². The van der Waals surface area contributed by atoms with Gasteiger partial charge in [0, 0.05) is 0 Å². The van der Waals surface area contributed by atoms with E-state index in [1.807, 2.05) is 0 Å². The first-order valence-electron chi connectivity index (χ1n) is 7.35. The van der Waals surface area contributed by atoms with Gasteiger partial charge < -0.3 is 10.2 Å². The lowest BCUT2D eigenvalue weighted by molar-refractivity contribution is -1.07. The van der Waals surface area contributed by atoms with Crippen LogP contribution in [0, 0.1) is 0 Å². The molecule has 1 fully saturated rings. The Kier molecular flexibility index (Phi) is 4.37. The predicted octanol–water partition coefficient (Wildman–Crippen LogP) is 2.00. The normalized spacial score (nSPS) is 20.6. The van der Waals surface area contributed by atoms with Gasteiger partial charge in [-0.25, -0.2) is 5.21 Å². The molecule has 0 heterocycles. The van der Waals surface area contributed by atoms with Crippen LogP contribution in [0.2, 0.25) is 0 Å². The minimum Gasteiger partial charge on any atom is -0.872 e. The van der Waals surface area contributed by atoms with E-state index in [0.29, 0.717) is 6.54 Å². The molecule has 2 N–H and O–H groups in total. The molecule has 0 bridgehead atoms. The van der Waals surface area contributed by atoms with E-state index in [1.165, 1.54) is 12.1 Å². The maximum Gasteiger partial charge on any atom is 0.118 e. The Labute approximate surface area is 120 Å². The lowest BCUT2D eigenvalue weighted by atomic mass is 9.72. The molecule has 4 nitrogen and oxygen atoms in total. The number of hydrogen-bond donors (Lipinski definition) is 2. The SMILES string of the molecule is C[N+](C)(O)C[C@@H](c1ccc([O-])cc1)C1(O)CCCCC1. The maximum atomic E-state index is 11.3. The standard InChI is InChI=1S/C16H25NO3/c1-17(2,20)12-15(13-6-8-14(18)9-7-13)16(19)10-4-3-5-11-16/h6-9,15,19-20H,3-5,10-12H2,1-2H3/t15-/m0/s1. The third kappa shape index (κ3) is 3.72. The predicted molar refractivity (Wildman–Crippen MR) is 75.4 cm³/mol. The van der Waals surface area contributed by atoms with Crippen LogP contribution in [0.4, 0.5) is 0 Å². The first kappa shape index (κ1) is 15.3. The molecule has 0 unspecified atom stereocenters. The lowest BCUT2D eigenvalue weighted by Gasteiger charge is -2.41. The average Bonchev–Trinajstić information content (AvgIpc) is 2.37. The molecular formula is C16H25NO3. The molecule has 0 aliphatic heterocycles. The van der Waals surface area contributed by atoms with E-state index in [4.69, 9.17) is 0 Å². The number of hydrogen-bond acceptors (Lipinski definition) is 3. The van der Waals surface area contributed by atoms with Crippen molar-refractivity contribution in [2.45, 2.75) is 43.6 Å². The lowest BCUT2D eigenvalue weighted by Crippen LogP contribution is -2.48. The van der Waals surface area contributed by atoms with Crippen molar-refractivity contribution in [1.29, 1.82) is 0 Å². The summed E-state index contributed by atoms with van der Waals surface area (Å²) >= 11 is 0. The second-order valence-corrected chi connectivity index (χ2v) is 6.59. The number of hydroxylamine groups is 3. The Morgan fingerprint density at radius 1 is 1.15 bits per heavy atom. The number of benzene rings is 1. The van der Waals surface area contributed by atoms with Crippen LogP contribution < -0.4 is 5.11 Å². The summed E-state index contributed by atoms with van der Waals surface area (Å²) in [6, 6.07) is 6.64. The highest BCUT2D eigenvalue weighted by Crippen LogP contribution is 2.41. The molecule has 1 aromatic carbocycles. The number of quaternary nitrogens is 1. The zero-order valence-electron chi connectivity index (χ0n) is 12.4. The summed E-state index contributed by atoms with van der Waals surface area (Å²) in [5.41, 5.74) is 0.162. The summed E-state index contributed by atoms with van der Waals surface area (Å²) in [6.07, 6.45) is 4.72. The van der Waals surface area contributed by atoms with Crippen LogP contribution in [0.1, 0.15) is 43.6 Å². The van der Waals surface area contributed by atoms with Gasteiger partial charge in [0.15, 0.2) is 0 Å². The van der Waals surface area contributed by atoms with Gasteiger partial charge in [-0.2, -0.15) is 4.65 Å². The molecule has 0 saturated heterocycles. The average molecular weight is 279 g/mol. The summed E-state index contributed by atoms with van der Waals surface area (Å²) in [5, 5.41) is 32.4. The first-order chi connectivity index (χ1) is 9.30. The molecule has 0 amide bonds. The van der Waals surface area contributed by atoms with Crippen LogP contribution in [0.5, 0.6) is 5.75 Å². The van der Waals surface area contributed by atoms with Gasteiger partial charge in [0.2, 0.25) is 0 Å². The van der Waals surface area contributed by atoms with Crippen molar-refractivity contribution in [2.75, 3.05) is 20.6 Å².